The highest BCUT2D eigenvalue weighted by atomic mass is 16.7. The highest BCUT2D eigenvalue weighted by Crippen LogP contribution is 2.70. The molecule has 3 heterocycles. The summed E-state index contributed by atoms with van der Waals surface area (Å²) in [5, 5.41) is 13.8. The number of hydrogen-bond donors (Lipinski definition) is 1. The van der Waals surface area contributed by atoms with Crippen LogP contribution >= 0.6 is 0 Å². The van der Waals surface area contributed by atoms with E-state index in [1.165, 1.54) is 56.4 Å². The molecule has 1 aromatic carbocycles. The molecular weight excluding hydrogens is 874 g/mol. The number of carbonyl (C=O) groups is 9. The quantitative estimate of drug-likeness (QED) is 0.277. The molecular formula is C45H51NO20. The van der Waals surface area contributed by atoms with Crippen LogP contribution in [0.1, 0.15) is 95.1 Å². The number of aryl methyl sites for hydroxylation is 1. The number of ether oxygens (including phenoxy) is 10. The number of esters is 9. The minimum atomic E-state index is -3.03. The van der Waals surface area contributed by atoms with Gasteiger partial charge in [-0.3, -0.25) is 33.8 Å². The summed E-state index contributed by atoms with van der Waals surface area (Å²) in [6.45, 7) is 7.32. The average molecular weight is 926 g/mol. The van der Waals surface area contributed by atoms with Crippen LogP contribution in [0.15, 0.2) is 48.7 Å². The number of carbonyl (C=O) groups excluding carboxylic acids is 9. The Kier molecular flexibility index (Phi) is 13.4. The van der Waals surface area contributed by atoms with Crippen molar-refractivity contribution in [3.63, 3.8) is 0 Å². The van der Waals surface area contributed by atoms with Gasteiger partial charge in [0.05, 0.1) is 22.7 Å². The van der Waals surface area contributed by atoms with E-state index in [1.54, 1.807) is 6.07 Å². The van der Waals surface area contributed by atoms with E-state index < -0.39 is 144 Å². The van der Waals surface area contributed by atoms with Crippen molar-refractivity contribution in [2.24, 2.45) is 11.3 Å². The number of benzene rings is 1. The minimum Gasteiger partial charge on any atom is -0.465 e. The number of aromatic nitrogens is 1. The maximum absolute atomic E-state index is 14.9. The summed E-state index contributed by atoms with van der Waals surface area (Å²) < 4.78 is 61.0. The molecule has 2 aliphatic heterocycles. The van der Waals surface area contributed by atoms with Crippen molar-refractivity contribution >= 4 is 53.7 Å². The largest absolute Gasteiger partial charge is 0.465 e. The molecule has 66 heavy (non-hydrogen) atoms. The van der Waals surface area contributed by atoms with E-state index in [2.05, 4.69) is 4.98 Å². The maximum Gasteiger partial charge on any atom is 0.350 e. The minimum absolute atomic E-state index is 0.0691. The molecule has 1 saturated heterocycles. The summed E-state index contributed by atoms with van der Waals surface area (Å²) in [6, 6.07) is 10.2. The second-order valence-corrected chi connectivity index (χ2v) is 17.3. The van der Waals surface area contributed by atoms with Crippen molar-refractivity contribution in [2.45, 2.75) is 134 Å². The number of cyclic esters (lactones) is 1. The van der Waals surface area contributed by atoms with E-state index in [9.17, 15) is 48.3 Å². The van der Waals surface area contributed by atoms with E-state index >= 15 is 0 Å². The van der Waals surface area contributed by atoms with E-state index in [1.807, 2.05) is 0 Å². The monoisotopic (exact) mass is 925 g/mol. The fourth-order valence-corrected chi connectivity index (χ4v) is 10.1. The highest BCUT2D eigenvalue weighted by Gasteiger charge is 2.92. The van der Waals surface area contributed by atoms with E-state index in [0.717, 1.165) is 48.5 Å². The zero-order chi connectivity index (χ0) is 48.7. The Morgan fingerprint density at radius 3 is 1.89 bits per heavy atom. The van der Waals surface area contributed by atoms with Gasteiger partial charge in [0, 0.05) is 54.2 Å². The van der Waals surface area contributed by atoms with Gasteiger partial charge >= 0.3 is 53.7 Å². The number of fused-ring (bicyclic) bond motifs is 5. The van der Waals surface area contributed by atoms with Gasteiger partial charge in [0.15, 0.2) is 30.0 Å². The van der Waals surface area contributed by atoms with Crippen molar-refractivity contribution in [3.8, 4) is 0 Å². The standard InChI is InChI=1S/C45H51NO20/c1-22(47)57-21-44-36(61-25(4)50)32(59-23(2)48)31-34(63-38(53)28-14-11-10-12-15-28)45(44)43(9,56)35(33(60-24(3)49)37(44)62-26(5)51)64-40(55)41(7,65-27(6)52)18-17-30-29(16-13-19-46-30)39(54)58-20-42(31,8)66-45/h10-16,19,31-37,56H,17-18,20-21H2,1-9H3/t31-,32+,33+,34-,35+,36-,37+,41+,42+,43+,44+,45+/m1/s1. The molecule has 356 valence electrons. The van der Waals surface area contributed by atoms with Gasteiger partial charge in [-0.15, -0.1) is 0 Å². The van der Waals surface area contributed by atoms with Crippen molar-refractivity contribution in [3.05, 3.63) is 65.5 Å². The molecule has 12 atom stereocenters. The van der Waals surface area contributed by atoms with Gasteiger partial charge in [0.1, 0.15) is 42.0 Å². The first-order chi connectivity index (χ1) is 30.8. The molecule has 2 aromatic rings. The van der Waals surface area contributed by atoms with E-state index in [4.69, 9.17) is 47.4 Å². The molecule has 0 amide bonds. The number of aliphatic hydroxyl groups is 1. The van der Waals surface area contributed by atoms with Crippen LogP contribution in [-0.4, -0.2) is 136 Å². The summed E-state index contributed by atoms with van der Waals surface area (Å²) in [7, 11) is 0. The SMILES string of the molecule is CC(=O)OC[C@@]12[C@H](OC(C)=O)[C@@H](OC(C)=O)[C@@H]3[C@@H](OC(=O)c4ccccc4)[C@@]14O[C@@]3(C)COC(=O)c1cccnc1CC[C@](C)(OC(C)=O)C(=O)O[C@@H]([C@H](OC(C)=O)[C@@H]2OC(C)=O)[C@]4(C)O. The summed E-state index contributed by atoms with van der Waals surface area (Å²) in [5.41, 5.74) is -13.3. The first-order valence-corrected chi connectivity index (χ1v) is 20.9. The summed E-state index contributed by atoms with van der Waals surface area (Å²) in [4.78, 5) is 127. The van der Waals surface area contributed by atoms with Gasteiger partial charge in [-0.2, -0.15) is 0 Å². The van der Waals surface area contributed by atoms with Gasteiger partial charge in [0.2, 0.25) is 5.60 Å². The lowest BCUT2D eigenvalue weighted by Crippen LogP contribution is -2.89. The lowest BCUT2D eigenvalue weighted by atomic mass is 9.45. The van der Waals surface area contributed by atoms with Crippen molar-refractivity contribution in [2.75, 3.05) is 13.2 Å². The van der Waals surface area contributed by atoms with E-state index in [0.29, 0.717) is 0 Å². The number of hydrogen-bond acceptors (Lipinski definition) is 21. The zero-order valence-electron chi connectivity index (χ0n) is 37.6. The topological polar surface area (TPSA) is 279 Å². The Hall–Kier alpha value is -6.48. The maximum atomic E-state index is 14.9. The zero-order valence-corrected chi connectivity index (χ0v) is 37.6. The third-order valence-corrected chi connectivity index (χ3v) is 12.5. The Morgan fingerprint density at radius 2 is 1.32 bits per heavy atom. The normalized spacial score (nSPS) is 34.6. The summed E-state index contributed by atoms with van der Waals surface area (Å²) in [6.07, 6.45) is -12.2. The van der Waals surface area contributed by atoms with Gasteiger partial charge in [0.25, 0.3) is 0 Å². The van der Waals surface area contributed by atoms with Crippen molar-refractivity contribution < 1.29 is 95.6 Å². The molecule has 2 aliphatic carbocycles. The molecule has 21 nitrogen and oxygen atoms in total. The smallest absolute Gasteiger partial charge is 0.350 e. The Morgan fingerprint density at radius 1 is 0.727 bits per heavy atom. The van der Waals surface area contributed by atoms with Crippen LogP contribution in [0.2, 0.25) is 0 Å². The van der Waals surface area contributed by atoms with E-state index in [-0.39, 0.29) is 23.2 Å². The molecule has 0 unspecified atom stereocenters. The van der Waals surface area contributed by atoms with Crippen LogP contribution < -0.4 is 0 Å². The van der Waals surface area contributed by atoms with Crippen LogP contribution in [0, 0.1) is 11.3 Å². The van der Waals surface area contributed by atoms with Crippen molar-refractivity contribution in [1.82, 2.24) is 4.98 Å². The number of pyridine rings is 1. The van der Waals surface area contributed by atoms with Crippen LogP contribution in [0.3, 0.4) is 0 Å². The summed E-state index contributed by atoms with van der Waals surface area (Å²) >= 11 is 0. The highest BCUT2D eigenvalue weighted by molar-refractivity contribution is 5.91. The molecule has 4 bridgehead atoms. The molecule has 6 rings (SSSR count). The molecule has 1 aromatic heterocycles. The average Bonchev–Trinajstić information content (AvgIpc) is 3.45. The van der Waals surface area contributed by atoms with Gasteiger partial charge in [-0.1, -0.05) is 18.2 Å². The predicted octanol–water partition coefficient (Wildman–Crippen LogP) is 1.84. The summed E-state index contributed by atoms with van der Waals surface area (Å²) in [5.74, 6) is -11.6. The lowest BCUT2D eigenvalue weighted by Gasteiger charge is -2.67. The first-order valence-electron chi connectivity index (χ1n) is 20.9. The molecule has 1 N–H and O–H groups in total. The Balaban J connectivity index is 1.82. The van der Waals surface area contributed by atoms with Gasteiger partial charge in [-0.05, 0) is 51.5 Å². The first kappa shape index (κ1) is 49.0. The molecule has 2 saturated carbocycles. The molecule has 4 aliphatic rings. The lowest BCUT2D eigenvalue weighted by molar-refractivity contribution is -0.386. The number of nitrogens with zero attached hydrogens (tertiary/aromatic N) is 1. The van der Waals surface area contributed by atoms with Crippen LogP contribution in [-0.2, 0) is 87.4 Å². The van der Waals surface area contributed by atoms with Gasteiger partial charge in [-0.25, -0.2) is 14.4 Å². The third kappa shape index (κ3) is 8.44. The second-order valence-electron chi connectivity index (χ2n) is 17.3. The fraction of sp³-hybridized carbons (Fsp3) is 0.556. The van der Waals surface area contributed by atoms with Gasteiger partial charge < -0.3 is 52.5 Å². The molecule has 1 spiro atoms. The fourth-order valence-electron chi connectivity index (χ4n) is 10.1. The third-order valence-electron chi connectivity index (χ3n) is 12.5. The Bertz CT molecular complexity index is 2310. The molecule has 0 radical (unpaired) electrons. The van der Waals surface area contributed by atoms with Crippen LogP contribution in [0.4, 0.5) is 0 Å². The Labute approximate surface area is 377 Å². The van der Waals surface area contributed by atoms with Crippen LogP contribution in [0.5, 0.6) is 0 Å². The molecule has 3 fully saturated rings. The van der Waals surface area contributed by atoms with Crippen LogP contribution in [0.25, 0.3) is 0 Å². The number of rotatable bonds is 9. The second kappa shape index (κ2) is 18.1. The predicted molar refractivity (Wildman–Crippen MR) is 216 cm³/mol. The molecule has 21 heteroatoms. The van der Waals surface area contributed by atoms with Crippen molar-refractivity contribution in [1.29, 1.82) is 0 Å².